The van der Waals surface area contributed by atoms with Crippen molar-refractivity contribution in [2.75, 3.05) is 0 Å². The fourth-order valence-electron chi connectivity index (χ4n) is 1.95. The molecule has 0 aliphatic rings. The Morgan fingerprint density at radius 2 is 2.06 bits per heavy atom. The smallest absolute Gasteiger partial charge is 0.0890 e. The highest BCUT2D eigenvalue weighted by atomic mass is 15.2. The molecule has 0 fully saturated rings. The van der Waals surface area contributed by atoms with Gasteiger partial charge in [-0.3, -0.25) is 21.2 Å². The van der Waals surface area contributed by atoms with Crippen LogP contribution in [0.3, 0.4) is 0 Å². The lowest BCUT2D eigenvalue weighted by molar-refractivity contribution is 0.503. The van der Waals surface area contributed by atoms with E-state index in [9.17, 15) is 0 Å². The first-order chi connectivity index (χ1) is 8.85. The van der Waals surface area contributed by atoms with Crippen molar-refractivity contribution < 1.29 is 0 Å². The highest BCUT2D eigenvalue weighted by molar-refractivity contribution is 5.74. The molecule has 0 aliphatic heterocycles. The molecule has 4 nitrogen and oxygen atoms in total. The molecule has 1 heterocycles. The summed E-state index contributed by atoms with van der Waals surface area (Å²) in [5.74, 6) is 8.23. The number of terminal acetylenes is 1. The van der Waals surface area contributed by atoms with E-state index in [2.05, 4.69) is 21.3 Å². The number of nitrogens with zero attached hydrogens (tertiary/aromatic N) is 2. The van der Waals surface area contributed by atoms with E-state index in [1.165, 1.54) is 0 Å². The van der Waals surface area contributed by atoms with E-state index < -0.39 is 0 Å². The predicted molar refractivity (Wildman–Crippen MR) is 72.3 cm³/mol. The van der Waals surface area contributed by atoms with E-state index in [0.29, 0.717) is 0 Å². The second-order valence-electron chi connectivity index (χ2n) is 4.12. The molecule has 3 N–H and O–H groups in total. The maximum Gasteiger partial charge on any atom is 0.0890 e. The van der Waals surface area contributed by atoms with Gasteiger partial charge in [-0.1, -0.05) is 6.07 Å². The number of rotatable bonds is 5. The first kappa shape index (κ1) is 12.5. The van der Waals surface area contributed by atoms with Crippen molar-refractivity contribution in [2.45, 2.75) is 25.3 Å². The third kappa shape index (κ3) is 2.83. The van der Waals surface area contributed by atoms with E-state index in [1.54, 1.807) is 12.4 Å². The number of hydrazine groups is 1. The molecule has 0 radical (unpaired) electrons. The van der Waals surface area contributed by atoms with E-state index in [0.717, 1.165) is 35.9 Å². The van der Waals surface area contributed by atoms with Crippen LogP contribution in [-0.4, -0.2) is 9.97 Å². The second-order valence-corrected chi connectivity index (χ2v) is 4.12. The third-order valence-electron chi connectivity index (χ3n) is 2.91. The van der Waals surface area contributed by atoms with Crippen LogP contribution in [0.2, 0.25) is 0 Å². The zero-order chi connectivity index (χ0) is 12.8. The van der Waals surface area contributed by atoms with Crippen LogP contribution in [0.4, 0.5) is 0 Å². The molecule has 18 heavy (non-hydrogen) atoms. The van der Waals surface area contributed by atoms with Crippen molar-refractivity contribution in [3.8, 4) is 12.3 Å². The van der Waals surface area contributed by atoms with E-state index in [1.807, 2.05) is 18.2 Å². The zero-order valence-electron chi connectivity index (χ0n) is 10.1. The van der Waals surface area contributed by atoms with Gasteiger partial charge in [0.25, 0.3) is 0 Å². The highest BCUT2D eigenvalue weighted by Gasteiger charge is 2.10. The van der Waals surface area contributed by atoms with Crippen LogP contribution in [0.5, 0.6) is 0 Å². The molecule has 0 spiro atoms. The topological polar surface area (TPSA) is 63.8 Å². The van der Waals surface area contributed by atoms with Gasteiger partial charge in [-0.15, -0.1) is 12.3 Å². The van der Waals surface area contributed by atoms with E-state index in [4.69, 9.17) is 12.3 Å². The third-order valence-corrected chi connectivity index (χ3v) is 2.91. The molecule has 1 atom stereocenters. The molecule has 0 saturated heterocycles. The van der Waals surface area contributed by atoms with Gasteiger partial charge in [-0.2, -0.15) is 0 Å². The standard InChI is InChI=1S/C14H16N4/c1-2-3-4-5-12(18-15)11-6-7-13-14(10-11)17-9-8-16-13/h1,6-10,12,18H,3-5,15H2. The van der Waals surface area contributed by atoms with Gasteiger partial charge in [0, 0.05) is 24.9 Å². The van der Waals surface area contributed by atoms with Gasteiger partial charge in [0.1, 0.15) is 0 Å². The first-order valence-electron chi connectivity index (χ1n) is 5.95. The molecule has 1 aromatic carbocycles. The SMILES string of the molecule is C#CCCCC(NN)c1ccc2nccnc2c1. The molecule has 0 bridgehead atoms. The minimum absolute atomic E-state index is 0.102. The molecular formula is C14H16N4. The summed E-state index contributed by atoms with van der Waals surface area (Å²) in [6.45, 7) is 0. The van der Waals surface area contributed by atoms with Crippen LogP contribution in [0, 0.1) is 12.3 Å². The van der Waals surface area contributed by atoms with Crippen LogP contribution in [-0.2, 0) is 0 Å². The molecule has 1 unspecified atom stereocenters. The summed E-state index contributed by atoms with van der Waals surface area (Å²) in [5, 5.41) is 0. The zero-order valence-corrected chi connectivity index (χ0v) is 10.1. The fraction of sp³-hybridized carbons (Fsp3) is 0.286. The van der Waals surface area contributed by atoms with Gasteiger partial charge in [0.05, 0.1) is 11.0 Å². The van der Waals surface area contributed by atoms with Crippen LogP contribution in [0.1, 0.15) is 30.9 Å². The van der Waals surface area contributed by atoms with Crippen molar-refractivity contribution in [2.24, 2.45) is 5.84 Å². The van der Waals surface area contributed by atoms with Gasteiger partial charge in [0.15, 0.2) is 0 Å². The number of nitrogens with one attached hydrogen (secondary N) is 1. The van der Waals surface area contributed by atoms with Crippen molar-refractivity contribution >= 4 is 11.0 Å². The van der Waals surface area contributed by atoms with Gasteiger partial charge >= 0.3 is 0 Å². The summed E-state index contributed by atoms with van der Waals surface area (Å²) in [6, 6.07) is 6.10. The normalized spacial score (nSPS) is 12.2. The summed E-state index contributed by atoms with van der Waals surface area (Å²) in [6.07, 6.45) is 11.3. The Hall–Kier alpha value is -1.96. The van der Waals surface area contributed by atoms with Crippen LogP contribution < -0.4 is 11.3 Å². The number of nitrogens with two attached hydrogens (primary N) is 1. The number of hydrogen-bond acceptors (Lipinski definition) is 4. The van der Waals surface area contributed by atoms with Crippen LogP contribution in [0.25, 0.3) is 11.0 Å². The number of benzene rings is 1. The molecule has 2 aromatic rings. The Morgan fingerprint density at radius 1 is 1.28 bits per heavy atom. The largest absolute Gasteiger partial charge is 0.271 e. The Balaban J connectivity index is 2.20. The van der Waals surface area contributed by atoms with E-state index in [-0.39, 0.29) is 6.04 Å². The number of fused-ring (bicyclic) bond motifs is 1. The predicted octanol–water partition coefficient (Wildman–Crippen LogP) is 1.94. The Kier molecular flexibility index (Phi) is 4.24. The van der Waals surface area contributed by atoms with Crippen molar-refractivity contribution in [1.29, 1.82) is 0 Å². The summed E-state index contributed by atoms with van der Waals surface area (Å²) < 4.78 is 0. The number of aromatic nitrogens is 2. The second kappa shape index (κ2) is 6.10. The molecular weight excluding hydrogens is 224 g/mol. The molecule has 2 rings (SSSR count). The van der Waals surface area contributed by atoms with Crippen molar-refractivity contribution in [3.05, 3.63) is 36.2 Å². The van der Waals surface area contributed by atoms with Gasteiger partial charge in [-0.05, 0) is 30.5 Å². The molecule has 1 aromatic heterocycles. The lowest BCUT2D eigenvalue weighted by atomic mass is 10.0. The van der Waals surface area contributed by atoms with Crippen molar-refractivity contribution in [3.63, 3.8) is 0 Å². The molecule has 0 aliphatic carbocycles. The summed E-state index contributed by atoms with van der Waals surface area (Å²) in [5.41, 5.74) is 5.71. The average Bonchev–Trinajstić information content (AvgIpc) is 2.43. The summed E-state index contributed by atoms with van der Waals surface area (Å²) >= 11 is 0. The lowest BCUT2D eigenvalue weighted by Gasteiger charge is -2.15. The highest BCUT2D eigenvalue weighted by Crippen LogP contribution is 2.21. The molecule has 92 valence electrons. The fourth-order valence-corrected chi connectivity index (χ4v) is 1.95. The quantitative estimate of drug-likeness (QED) is 0.363. The molecule has 4 heteroatoms. The van der Waals surface area contributed by atoms with Crippen LogP contribution >= 0.6 is 0 Å². The Labute approximate surface area is 107 Å². The molecule has 0 amide bonds. The van der Waals surface area contributed by atoms with Crippen molar-refractivity contribution in [1.82, 2.24) is 15.4 Å². The summed E-state index contributed by atoms with van der Waals surface area (Å²) in [7, 11) is 0. The monoisotopic (exact) mass is 240 g/mol. The van der Waals surface area contributed by atoms with E-state index >= 15 is 0 Å². The minimum Gasteiger partial charge on any atom is -0.271 e. The maximum atomic E-state index is 5.59. The Morgan fingerprint density at radius 3 is 2.78 bits per heavy atom. The van der Waals surface area contributed by atoms with Gasteiger partial charge in [-0.25, -0.2) is 0 Å². The lowest BCUT2D eigenvalue weighted by Crippen LogP contribution is -2.27. The Bertz CT molecular complexity index is 559. The van der Waals surface area contributed by atoms with Gasteiger partial charge < -0.3 is 0 Å². The average molecular weight is 240 g/mol. The number of hydrogen-bond donors (Lipinski definition) is 2. The minimum atomic E-state index is 0.102. The van der Waals surface area contributed by atoms with Crippen LogP contribution in [0.15, 0.2) is 30.6 Å². The van der Waals surface area contributed by atoms with Gasteiger partial charge in [0.2, 0.25) is 0 Å². The summed E-state index contributed by atoms with van der Waals surface area (Å²) in [4.78, 5) is 8.53. The maximum absolute atomic E-state index is 5.59. The number of unbranched alkanes of at least 4 members (excludes halogenated alkanes) is 1. The first-order valence-corrected chi connectivity index (χ1v) is 5.95. The molecule has 0 saturated carbocycles.